The van der Waals surface area contributed by atoms with Crippen LogP contribution in [0.3, 0.4) is 0 Å². The average Bonchev–Trinajstić information content (AvgIpc) is 2.58. The summed E-state index contributed by atoms with van der Waals surface area (Å²) in [5.74, 6) is 1.94. The van der Waals surface area contributed by atoms with Gasteiger partial charge in [-0.3, -0.25) is 0 Å². The van der Waals surface area contributed by atoms with E-state index in [4.69, 9.17) is 14.2 Å². The first-order valence-corrected chi connectivity index (χ1v) is 8.16. The third-order valence-corrected chi connectivity index (χ3v) is 4.43. The van der Waals surface area contributed by atoms with Gasteiger partial charge in [-0.1, -0.05) is 34.1 Å². The van der Waals surface area contributed by atoms with Gasteiger partial charge < -0.3 is 19.5 Å². The number of methoxy groups -OCH3 is 3. The van der Waals surface area contributed by atoms with E-state index < -0.39 is 0 Å². The third-order valence-electron chi connectivity index (χ3n) is 3.71. The van der Waals surface area contributed by atoms with Gasteiger partial charge in [0.2, 0.25) is 5.75 Å². The number of rotatable bonds is 7. The van der Waals surface area contributed by atoms with Crippen molar-refractivity contribution in [2.45, 2.75) is 19.5 Å². The monoisotopic (exact) mass is 379 g/mol. The highest BCUT2D eigenvalue weighted by Crippen LogP contribution is 2.38. The lowest BCUT2D eigenvalue weighted by Gasteiger charge is -2.18. The Hall–Kier alpha value is -1.72. The van der Waals surface area contributed by atoms with Crippen LogP contribution in [0.25, 0.3) is 0 Å². The molecule has 0 saturated heterocycles. The molecule has 0 bridgehead atoms. The molecule has 1 atom stereocenters. The number of nitrogens with one attached hydrogen (secondary N) is 1. The standard InChI is InChI=1S/C18H22BrNO3/c1-12(14-7-5-6-8-15(14)19)20-11-13-9-16(21-2)18(23-4)17(10-13)22-3/h5-10,12,20H,11H2,1-4H3. The molecular weight excluding hydrogens is 358 g/mol. The molecule has 124 valence electrons. The molecule has 0 amide bonds. The van der Waals surface area contributed by atoms with E-state index in [1.807, 2.05) is 30.3 Å². The Bertz CT molecular complexity index is 635. The summed E-state index contributed by atoms with van der Waals surface area (Å²) in [5.41, 5.74) is 2.29. The highest BCUT2D eigenvalue weighted by atomic mass is 79.9. The van der Waals surface area contributed by atoms with Crippen molar-refractivity contribution in [3.8, 4) is 17.2 Å². The van der Waals surface area contributed by atoms with Crippen molar-refractivity contribution in [2.75, 3.05) is 21.3 Å². The van der Waals surface area contributed by atoms with Crippen molar-refractivity contribution in [3.05, 3.63) is 52.0 Å². The smallest absolute Gasteiger partial charge is 0.203 e. The van der Waals surface area contributed by atoms with Crippen LogP contribution in [0, 0.1) is 0 Å². The van der Waals surface area contributed by atoms with Crippen LogP contribution in [0.15, 0.2) is 40.9 Å². The van der Waals surface area contributed by atoms with Gasteiger partial charge in [-0.05, 0) is 36.2 Å². The lowest BCUT2D eigenvalue weighted by Crippen LogP contribution is -2.18. The molecule has 1 N–H and O–H groups in total. The van der Waals surface area contributed by atoms with Crippen LogP contribution < -0.4 is 19.5 Å². The normalized spacial score (nSPS) is 11.9. The molecule has 0 aliphatic heterocycles. The number of ether oxygens (including phenoxy) is 3. The van der Waals surface area contributed by atoms with Gasteiger partial charge in [-0.25, -0.2) is 0 Å². The summed E-state index contributed by atoms with van der Waals surface area (Å²) in [5, 5.41) is 3.51. The SMILES string of the molecule is COc1cc(CNC(C)c2ccccc2Br)cc(OC)c1OC. The number of benzene rings is 2. The molecule has 0 aromatic heterocycles. The van der Waals surface area contributed by atoms with Crippen LogP contribution in [0.5, 0.6) is 17.2 Å². The number of halogens is 1. The molecule has 0 spiro atoms. The third kappa shape index (κ3) is 4.18. The summed E-state index contributed by atoms with van der Waals surface area (Å²) in [7, 11) is 4.85. The molecule has 0 radical (unpaired) electrons. The van der Waals surface area contributed by atoms with E-state index in [9.17, 15) is 0 Å². The summed E-state index contributed by atoms with van der Waals surface area (Å²) >= 11 is 3.59. The van der Waals surface area contributed by atoms with E-state index in [1.54, 1.807) is 21.3 Å². The van der Waals surface area contributed by atoms with Crippen LogP contribution in [-0.2, 0) is 6.54 Å². The van der Waals surface area contributed by atoms with Crippen molar-refractivity contribution in [2.24, 2.45) is 0 Å². The molecule has 4 nitrogen and oxygen atoms in total. The predicted molar refractivity (Wildman–Crippen MR) is 95.5 cm³/mol. The van der Waals surface area contributed by atoms with Crippen molar-refractivity contribution in [3.63, 3.8) is 0 Å². The van der Waals surface area contributed by atoms with E-state index in [0.29, 0.717) is 23.8 Å². The second-order valence-electron chi connectivity index (χ2n) is 5.16. The van der Waals surface area contributed by atoms with E-state index in [-0.39, 0.29) is 6.04 Å². The molecular formula is C18H22BrNO3. The first-order valence-electron chi connectivity index (χ1n) is 7.37. The molecule has 5 heteroatoms. The van der Waals surface area contributed by atoms with Crippen LogP contribution >= 0.6 is 15.9 Å². The van der Waals surface area contributed by atoms with Crippen molar-refractivity contribution >= 4 is 15.9 Å². The summed E-state index contributed by atoms with van der Waals surface area (Å²) in [4.78, 5) is 0. The fraction of sp³-hybridized carbons (Fsp3) is 0.333. The predicted octanol–water partition coefficient (Wildman–Crippen LogP) is 4.33. The number of hydrogen-bond acceptors (Lipinski definition) is 4. The van der Waals surface area contributed by atoms with Gasteiger partial charge in [0.15, 0.2) is 11.5 Å². The zero-order valence-corrected chi connectivity index (χ0v) is 15.4. The van der Waals surface area contributed by atoms with Gasteiger partial charge in [0.1, 0.15) is 0 Å². The quantitative estimate of drug-likeness (QED) is 0.777. The molecule has 0 aliphatic carbocycles. The largest absolute Gasteiger partial charge is 0.493 e. The molecule has 1 unspecified atom stereocenters. The molecule has 2 aromatic carbocycles. The Kier molecular flexibility index (Phi) is 6.30. The summed E-state index contributed by atoms with van der Waals surface area (Å²) in [6, 6.07) is 12.3. The average molecular weight is 380 g/mol. The van der Waals surface area contributed by atoms with Gasteiger partial charge in [0.05, 0.1) is 21.3 Å². The maximum absolute atomic E-state index is 5.39. The Labute approximate surface area is 145 Å². The zero-order valence-electron chi connectivity index (χ0n) is 13.9. The van der Waals surface area contributed by atoms with Crippen LogP contribution in [-0.4, -0.2) is 21.3 Å². The molecule has 0 saturated carbocycles. The second-order valence-corrected chi connectivity index (χ2v) is 6.01. The van der Waals surface area contributed by atoms with Gasteiger partial charge in [0.25, 0.3) is 0 Å². The van der Waals surface area contributed by atoms with E-state index in [1.165, 1.54) is 5.56 Å². The molecule has 0 heterocycles. The minimum atomic E-state index is 0.213. The lowest BCUT2D eigenvalue weighted by atomic mass is 10.1. The number of hydrogen-bond donors (Lipinski definition) is 1. The van der Waals surface area contributed by atoms with Gasteiger partial charge in [-0.2, -0.15) is 0 Å². The summed E-state index contributed by atoms with van der Waals surface area (Å²) in [6.07, 6.45) is 0. The van der Waals surface area contributed by atoms with E-state index in [2.05, 4.69) is 34.2 Å². The summed E-state index contributed by atoms with van der Waals surface area (Å²) in [6.45, 7) is 2.83. The first-order chi connectivity index (χ1) is 11.1. The van der Waals surface area contributed by atoms with Gasteiger partial charge in [-0.15, -0.1) is 0 Å². The second kappa shape index (κ2) is 8.22. The topological polar surface area (TPSA) is 39.7 Å². The summed E-state index contributed by atoms with van der Waals surface area (Å²) < 4.78 is 17.2. The molecule has 2 rings (SSSR count). The molecule has 0 aliphatic rings. The Morgan fingerprint density at radius 3 is 2.13 bits per heavy atom. The van der Waals surface area contributed by atoms with Crippen molar-refractivity contribution in [1.82, 2.24) is 5.32 Å². The van der Waals surface area contributed by atoms with Crippen LogP contribution in [0.1, 0.15) is 24.1 Å². The highest BCUT2D eigenvalue weighted by molar-refractivity contribution is 9.10. The van der Waals surface area contributed by atoms with E-state index in [0.717, 1.165) is 10.0 Å². The van der Waals surface area contributed by atoms with Gasteiger partial charge in [0, 0.05) is 17.1 Å². The highest BCUT2D eigenvalue weighted by Gasteiger charge is 2.14. The van der Waals surface area contributed by atoms with Crippen LogP contribution in [0.4, 0.5) is 0 Å². The minimum absolute atomic E-state index is 0.213. The zero-order chi connectivity index (χ0) is 16.8. The van der Waals surface area contributed by atoms with Crippen LogP contribution in [0.2, 0.25) is 0 Å². The van der Waals surface area contributed by atoms with Gasteiger partial charge >= 0.3 is 0 Å². The first kappa shape index (κ1) is 17.6. The van der Waals surface area contributed by atoms with Crippen molar-refractivity contribution < 1.29 is 14.2 Å². The van der Waals surface area contributed by atoms with E-state index >= 15 is 0 Å². The molecule has 23 heavy (non-hydrogen) atoms. The lowest BCUT2D eigenvalue weighted by molar-refractivity contribution is 0.323. The Balaban J connectivity index is 2.16. The fourth-order valence-electron chi connectivity index (χ4n) is 2.44. The molecule has 0 fully saturated rings. The molecule has 2 aromatic rings. The van der Waals surface area contributed by atoms with Crippen molar-refractivity contribution in [1.29, 1.82) is 0 Å². The maximum atomic E-state index is 5.39. The maximum Gasteiger partial charge on any atom is 0.203 e. The Morgan fingerprint density at radius 2 is 1.61 bits per heavy atom. The minimum Gasteiger partial charge on any atom is -0.493 e. The fourth-order valence-corrected chi connectivity index (χ4v) is 3.07. The Morgan fingerprint density at radius 1 is 1.00 bits per heavy atom.